The van der Waals surface area contributed by atoms with Gasteiger partial charge >= 0.3 is 0 Å². The van der Waals surface area contributed by atoms with E-state index in [2.05, 4.69) is 4.90 Å². The molecule has 0 bridgehead atoms. The predicted molar refractivity (Wildman–Crippen MR) is 66.1 cm³/mol. The molecule has 1 aliphatic heterocycles. The predicted octanol–water partition coefficient (Wildman–Crippen LogP) is 3.01. The molecule has 1 saturated heterocycles. The second-order valence-corrected chi connectivity index (χ2v) is 4.73. The number of hydrogen-bond acceptors (Lipinski definition) is 2. The Kier molecular flexibility index (Phi) is 3.62. The Morgan fingerprint density at radius 1 is 1.25 bits per heavy atom. The first-order chi connectivity index (χ1) is 7.68. The Hall–Kier alpha value is -0.860. The molecule has 2 rings (SSSR count). The van der Waals surface area contributed by atoms with Gasteiger partial charge in [-0.2, -0.15) is 0 Å². The van der Waals surface area contributed by atoms with Gasteiger partial charge in [-0.05, 0) is 57.1 Å². The van der Waals surface area contributed by atoms with Gasteiger partial charge in [-0.25, -0.2) is 0 Å². The summed E-state index contributed by atoms with van der Waals surface area (Å²) in [6.07, 6.45) is 2.41. The Bertz CT molecular complexity index is 368. The minimum Gasteiger partial charge on any atom is -0.294 e. The summed E-state index contributed by atoms with van der Waals surface area (Å²) >= 11 is 5.80. The van der Waals surface area contributed by atoms with Gasteiger partial charge in [0.1, 0.15) is 0 Å². The molecule has 0 spiro atoms. The van der Waals surface area contributed by atoms with E-state index in [0.717, 1.165) is 18.7 Å². The maximum atomic E-state index is 12.2. The van der Waals surface area contributed by atoms with E-state index < -0.39 is 0 Å². The third-order valence-corrected chi connectivity index (χ3v) is 3.45. The molecule has 0 amide bonds. The van der Waals surface area contributed by atoms with E-state index in [1.807, 2.05) is 6.92 Å². The van der Waals surface area contributed by atoms with Crippen molar-refractivity contribution in [2.24, 2.45) is 0 Å². The quantitative estimate of drug-likeness (QED) is 0.754. The largest absolute Gasteiger partial charge is 0.294 e. The van der Waals surface area contributed by atoms with Gasteiger partial charge in [-0.1, -0.05) is 11.6 Å². The fraction of sp³-hybridized carbons (Fsp3) is 0.462. The molecule has 1 fully saturated rings. The molecule has 1 atom stereocenters. The van der Waals surface area contributed by atoms with Gasteiger partial charge in [-0.15, -0.1) is 0 Å². The molecule has 0 saturated carbocycles. The van der Waals surface area contributed by atoms with Crippen LogP contribution in [0.25, 0.3) is 0 Å². The molecular weight excluding hydrogens is 222 g/mol. The highest BCUT2D eigenvalue weighted by Crippen LogP contribution is 2.17. The second kappa shape index (κ2) is 4.98. The third kappa shape index (κ3) is 2.45. The number of ketones is 1. The number of likely N-dealkylation sites (tertiary alicyclic amines) is 1. The number of benzene rings is 1. The van der Waals surface area contributed by atoms with Crippen LogP contribution in [0.5, 0.6) is 0 Å². The van der Waals surface area contributed by atoms with Gasteiger partial charge in [0.15, 0.2) is 5.78 Å². The van der Waals surface area contributed by atoms with E-state index in [-0.39, 0.29) is 11.8 Å². The molecular formula is C13H16ClNO. The summed E-state index contributed by atoms with van der Waals surface area (Å²) in [5.74, 6) is 0.193. The van der Waals surface area contributed by atoms with Crippen LogP contribution in [0.4, 0.5) is 0 Å². The zero-order valence-corrected chi connectivity index (χ0v) is 10.2. The van der Waals surface area contributed by atoms with Gasteiger partial charge in [0.2, 0.25) is 0 Å². The van der Waals surface area contributed by atoms with Gasteiger partial charge < -0.3 is 0 Å². The fourth-order valence-corrected chi connectivity index (χ4v) is 2.28. The lowest BCUT2D eigenvalue weighted by molar-refractivity contribution is 0.0867. The number of Topliss-reactive ketones (excluding diaryl/α,β-unsaturated/α-hetero) is 1. The number of halogens is 1. The van der Waals surface area contributed by atoms with E-state index in [4.69, 9.17) is 11.6 Å². The molecule has 0 aromatic heterocycles. The Morgan fingerprint density at radius 3 is 2.38 bits per heavy atom. The molecule has 1 aromatic rings. The maximum absolute atomic E-state index is 12.2. The van der Waals surface area contributed by atoms with Crippen LogP contribution in [0.15, 0.2) is 24.3 Å². The van der Waals surface area contributed by atoms with E-state index in [1.54, 1.807) is 24.3 Å². The molecule has 3 heteroatoms. The van der Waals surface area contributed by atoms with E-state index in [0.29, 0.717) is 5.02 Å². The van der Waals surface area contributed by atoms with E-state index in [1.165, 1.54) is 12.8 Å². The number of carbonyl (C=O) groups excluding carboxylic acids is 1. The SMILES string of the molecule is C[C@@H](C(=O)c1ccc(Cl)cc1)N1CCCC1. The molecule has 2 nitrogen and oxygen atoms in total. The van der Waals surface area contributed by atoms with Crippen molar-refractivity contribution < 1.29 is 4.79 Å². The highest BCUT2D eigenvalue weighted by atomic mass is 35.5. The Morgan fingerprint density at radius 2 is 1.81 bits per heavy atom. The minimum absolute atomic E-state index is 0.0105. The zero-order chi connectivity index (χ0) is 11.5. The zero-order valence-electron chi connectivity index (χ0n) is 9.45. The standard InChI is InChI=1S/C13H16ClNO/c1-10(15-8-2-3-9-15)13(16)11-4-6-12(14)7-5-11/h4-7,10H,2-3,8-9H2,1H3/t10-/m0/s1. The smallest absolute Gasteiger partial charge is 0.179 e. The van der Waals surface area contributed by atoms with Crippen LogP contribution in [0.1, 0.15) is 30.1 Å². The van der Waals surface area contributed by atoms with Gasteiger partial charge in [-0.3, -0.25) is 9.69 Å². The molecule has 1 aromatic carbocycles. The van der Waals surface area contributed by atoms with Crippen LogP contribution < -0.4 is 0 Å². The second-order valence-electron chi connectivity index (χ2n) is 4.29. The average Bonchev–Trinajstić information content (AvgIpc) is 2.81. The molecule has 0 unspecified atom stereocenters. The summed E-state index contributed by atoms with van der Waals surface area (Å²) in [4.78, 5) is 14.4. The highest BCUT2D eigenvalue weighted by Gasteiger charge is 2.24. The van der Waals surface area contributed by atoms with Gasteiger partial charge in [0, 0.05) is 10.6 Å². The molecule has 1 heterocycles. The number of rotatable bonds is 3. The number of carbonyl (C=O) groups is 1. The molecule has 0 aliphatic carbocycles. The lowest BCUT2D eigenvalue weighted by atomic mass is 10.0. The minimum atomic E-state index is -0.0105. The van der Waals surface area contributed by atoms with Crippen molar-refractivity contribution in [3.05, 3.63) is 34.9 Å². The summed E-state index contributed by atoms with van der Waals surface area (Å²) in [5.41, 5.74) is 0.754. The van der Waals surface area contributed by atoms with Crippen molar-refractivity contribution in [3.63, 3.8) is 0 Å². The van der Waals surface area contributed by atoms with Gasteiger partial charge in [0.25, 0.3) is 0 Å². The molecule has 16 heavy (non-hydrogen) atoms. The van der Waals surface area contributed by atoms with Crippen molar-refractivity contribution >= 4 is 17.4 Å². The summed E-state index contributed by atoms with van der Waals surface area (Å²) in [6.45, 7) is 4.07. The topological polar surface area (TPSA) is 20.3 Å². The van der Waals surface area contributed by atoms with Crippen molar-refractivity contribution in [2.75, 3.05) is 13.1 Å². The molecule has 0 N–H and O–H groups in total. The van der Waals surface area contributed by atoms with E-state index >= 15 is 0 Å². The van der Waals surface area contributed by atoms with E-state index in [9.17, 15) is 4.79 Å². The van der Waals surface area contributed by atoms with Crippen LogP contribution in [-0.2, 0) is 0 Å². The first-order valence-electron chi connectivity index (χ1n) is 5.72. The molecule has 86 valence electrons. The number of nitrogens with zero attached hydrogens (tertiary/aromatic N) is 1. The summed E-state index contributed by atoms with van der Waals surface area (Å²) in [7, 11) is 0. The van der Waals surface area contributed by atoms with Crippen molar-refractivity contribution in [1.29, 1.82) is 0 Å². The summed E-state index contributed by atoms with van der Waals surface area (Å²) < 4.78 is 0. The van der Waals surface area contributed by atoms with Crippen LogP contribution in [-0.4, -0.2) is 29.8 Å². The van der Waals surface area contributed by atoms with Crippen LogP contribution >= 0.6 is 11.6 Å². The highest BCUT2D eigenvalue weighted by molar-refractivity contribution is 6.30. The normalized spacial score (nSPS) is 18.6. The van der Waals surface area contributed by atoms with Crippen molar-refractivity contribution in [1.82, 2.24) is 4.90 Å². The Labute approximate surface area is 101 Å². The average molecular weight is 238 g/mol. The molecule has 1 aliphatic rings. The molecule has 0 radical (unpaired) electrons. The van der Waals surface area contributed by atoms with Crippen molar-refractivity contribution in [3.8, 4) is 0 Å². The lowest BCUT2D eigenvalue weighted by Gasteiger charge is -2.22. The first-order valence-corrected chi connectivity index (χ1v) is 6.10. The fourth-order valence-electron chi connectivity index (χ4n) is 2.15. The van der Waals surface area contributed by atoms with Crippen molar-refractivity contribution in [2.45, 2.75) is 25.8 Å². The Balaban J connectivity index is 2.08. The van der Waals surface area contributed by atoms with Crippen LogP contribution in [0.2, 0.25) is 5.02 Å². The lowest BCUT2D eigenvalue weighted by Crippen LogP contribution is -2.36. The monoisotopic (exact) mass is 237 g/mol. The summed E-state index contributed by atoms with van der Waals surface area (Å²) in [6, 6.07) is 7.13. The number of hydrogen-bond donors (Lipinski definition) is 0. The third-order valence-electron chi connectivity index (χ3n) is 3.20. The van der Waals surface area contributed by atoms with Gasteiger partial charge in [0.05, 0.1) is 6.04 Å². The van der Waals surface area contributed by atoms with Crippen LogP contribution in [0, 0.1) is 0 Å². The maximum Gasteiger partial charge on any atom is 0.179 e. The van der Waals surface area contributed by atoms with Crippen LogP contribution in [0.3, 0.4) is 0 Å². The summed E-state index contributed by atoms with van der Waals surface area (Å²) in [5, 5.41) is 0.672. The first kappa shape index (κ1) is 11.6.